The highest BCUT2D eigenvalue weighted by Crippen LogP contribution is 2.44. The summed E-state index contributed by atoms with van der Waals surface area (Å²) in [6.45, 7) is 8.34. The first-order valence-corrected chi connectivity index (χ1v) is 11.8. The normalized spacial score (nSPS) is 21.4. The van der Waals surface area contributed by atoms with Crippen molar-refractivity contribution in [3.8, 4) is 0 Å². The smallest absolute Gasteiger partial charge is 0.335 e. The molecule has 0 aromatic heterocycles. The van der Waals surface area contributed by atoms with Gasteiger partial charge in [0.25, 0.3) is 11.8 Å². The molecule has 1 fully saturated rings. The molecule has 2 aromatic carbocycles. The van der Waals surface area contributed by atoms with Crippen LogP contribution >= 0.6 is 27.5 Å². The molecule has 4 rings (SSSR count). The van der Waals surface area contributed by atoms with Crippen LogP contribution in [0.25, 0.3) is 6.08 Å². The van der Waals surface area contributed by atoms with Gasteiger partial charge in [0, 0.05) is 27.8 Å². The molecule has 0 bridgehead atoms. The first kappa shape index (κ1) is 23.5. The largest absolute Gasteiger partial charge is 0.369 e. The Morgan fingerprint density at radius 2 is 1.85 bits per heavy atom. The van der Waals surface area contributed by atoms with Gasteiger partial charge >= 0.3 is 6.03 Å². The summed E-state index contributed by atoms with van der Waals surface area (Å²) in [6.07, 6.45) is 2.43. The number of nitrogens with one attached hydrogen (secondary N) is 1. The number of imide groups is 2. The van der Waals surface area contributed by atoms with E-state index in [0.717, 1.165) is 27.0 Å². The van der Waals surface area contributed by atoms with E-state index >= 15 is 0 Å². The van der Waals surface area contributed by atoms with Gasteiger partial charge in [0.05, 0.1) is 5.69 Å². The highest BCUT2D eigenvalue weighted by atomic mass is 79.9. The highest BCUT2D eigenvalue weighted by Gasteiger charge is 2.38. The molecule has 172 valence electrons. The molecular weight excluding hydrogens is 506 g/mol. The third kappa shape index (κ3) is 4.08. The van der Waals surface area contributed by atoms with E-state index in [2.05, 4.69) is 46.9 Å². The summed E-state index contributed by atoms with van der Waals surface area (Å²) in [5.74, 6) is -1.15. The number of urea groups is 1. The molecule has 0 saturated carbocycles. The fourth-order valence-corrected chi connectivity index (χ4v) is 5.30. The van der Waals surface area contributed by atoms with Crippen molar-refractivity contribution in [2.24, 2.45) is 0 Å². The van der Waals surface area contributed by atoms with E-state index in [1.54, 1.807) is 25.1 Å². The zero-order chi connectivity index (χ0) is 24.2. The molecule has 0 spiro atoms. The van der Waals surface area contributed by atoms with Crippen LogP contribution in [0.4, 0.5) is 16.2 Å². The zero-order valence-electron chi connectivity index (χ0n) is 19.1. The molecule has 1 atom stereocenters. The van der Waals surface area contributed by atoms with Crippen molar-refractivity contribution in [2.45, 2.75) is 45.6 Å². The zero-order valence-corrected chi connectivity index (χ0v) is 21.5. The molecule has 0 unspecified atom stereocenters. The van der Waals surface area contributed by atoms with Crippen molar-refractivity contribution in [1.82, 2.24) is 5.32 Å². The number of barbiturate groups is 1. The number of hydrogen-bond donors (Lipinski definition) is 1. The number of nitrogens with zero attached hydrogens (tertiary/aromatic N) is 2. The molecule has 0 radical (unpaired) electrons. The maximum atomic E-state index is 13.3. The van der Waals surface area contributed by atoms with Crippen molar-refractivity contribution in [2.75, 3.05) is 16.8 Å². The molecular formula is C25H25BrClN3O3. The minimum absolute atomic E-state index is 0.0155. The number of carbonyl (C=O) groups is 3. The van der Waals surface area contributed by atoms with E-state index < -0.39 is 17.8 Å². The van der Waals surface area contributed by atoms with Gasteiger partial charge in [-0.05, 0) is 86.2 Å². The predicted molar refractivity (Wildman–Crippen MR) is 135 cm³/mol. The fraction of sp³-hybridized carbons (Fsp3) is 0.320. The molecule has 33 heavy (non-hydrogen) atoms. The minimum Gasteiger partial charge on any atom is -0.369 e. The van der Waals surface area contributed by atoms with Crippen molar-refractivity contribution in [1.29, 1.82) is 0 Å². The minimum atomic E-state index is -0.776. The number of fused-ring (bicyclic) bond motifs is 1. The van der Waals surface area contributed by atoms with E-state index in [-0.39, 0.29) is 17.0 Å². The van der Waals surface area contributed by atoms with E-state index in [1.807, 2.05) is 19.2 Å². The quantitative estimate of drug-likeness (QED) is 0.394. The lowest BCUT2D eigenvalue weighted by molar-refractivity contribution is -0.122. The second-order valence-electron chi connectivity index (χ2n) is 9.30. The molecule has 2 aliphatic heterocycles. The Morgan fingerprint density at radius 3 is 2.52 bits per heavy atom. The maximum Gasteiger partial charge on any atom is 0.335 e. The third-order valence-corrected chi connectivity index (χ3v) is 7.37. The number of hydrogen-bond acceptors (Lipinski definition) is 4. The van der Waals surface area contributed by atoms with Crippen LogP contribution in [0, 0.1) is 6.92 Å². The Kier molecular flexibility index (Phi) is 5.91. The molecule has 1 N–H and O–H groups in total. The van der Waals surface area contributed by atoms with Gasteiger partial charge in [-0.25, -0.2) is 9.69 Å². The van der Waals surface area contributed by atoms with Gasteiger partial charge in [-0.15, -0.1) is 0 Å². The van der Waals surface area contributed by atoms with Crippen LogP contribution in [-0.2, 0) is 9.59 Å². The van der Waals surface area contributed by atoms with Crippen molar-refractivity contribution < 1.29 is 14.4 Å². The van der Waals surface area contributed by atoms with Gasteiger partial charge in [-0.1, -0.05) is 34.5 Å². The Hall–Kier alpha value is -2.64. The summed E-state index contributed by atoms with van der Waals surface area (Å²) in [6, 6.07) is 8.25. The molecule has 2 heterocycles. The van der Waals surface area contributed by atoms with Gasteiger partial charge in [0.1, 0.15) is 5.57 Å². The first-order chi connectivity index (χ1) is 15.4. The number of halogens is 2. The summed E-state index contributed by atoms with van der Waals surface area (Å²) in [7, 11) is 2.04. The van der Waals surface area contributed by atoms with Crippen molar-refractivity contribution in [3.05, 3.63) is 62.1 Å². The maximum absolute atomic E-state index is 13.3. The Morgan fingerprint density at radius 1 is 1.15 bits per heavy atom. The van der Waals surface area contributed by atoms with Crippen LogP contribution in [0.15, 0.2) is 40.4 Å². The second-order valence-corrected chi connectivity index (χ2v) is 10.6. The third-order valence-electron chi connectivity index (χ3n) is 6.55. The molecule has 4 amide bonds. The molecule has 1 saturated heterocycles. The van der Waals surface area contributed by atoms with Crippen LogP contribution in [0.1, 0.15) is 49.8 Å². The standard InChI is InChI=1S/C25H25BrClN3O3/c1-13-8-16(26)6-7-20(13)30-23(32)18(22(31)28-24(30)33)10-15-9-17-14(2)12-25(3,4)29(5)21(17)11-19(15)27/h6-11,14H,12H2,1-5H3,(H,28,31,33)/b18-10+/t14-/m1/s1. The Bertz CT molecular complexity index is 1240. The molecule has 6 nitrogen and oxygen atoms in total. The van der Waals surface area contributed by atoms with Crippen molar-refractivity contribution in [3.63, 3.8) is 0 Å². The summed E-state index contributed by atoms with van der Waals surface area (Å²) in [4.78, 5) is 41.7. The number of anilines is 2. The predicted octanol–water partition coefficient (Wildman–Crippen LogP) is 5.80. The highest BCUT2D eigenvalue weighted by molar-refractivity contribution is 9.10. The van der Waals surface area contributed by atoms with Gasteiger partial charge in [-0.2, -0.15) is 0 Å². The average molecular weight is 531 g/mol. The van der Waals surface area contributed by atoms with Crippen LogP contribution in [0.5, 0.6) is 0 Å². The monoisotopic (exact) mass is 529 g/mol. The summed E-state index contributed by atoms with van der Waals surface area (Å²) in [5.41, 5.74) is 3.67. The number of amides is 4. The SMILES string of the molecule is Cc1cc(Br)ccc1N1C(=O)NC(=O)/C(=C\c2cc3c(cc2Cl)N(C)C(C)(C)C[C@H]3C)C1=O. The second kappa shape index (κ2) is 8.29. The van der Waals surface area contributed by atoms with Crippen LogP contribution in [-0.4, -0.2) is 30.4 Å². The number of rotatable bonds is 2. The molecule has 0 aliphatic carbocycles. The van der Waals surface area contributed by atoms with Crippen LogP contribution < -0.4 is 15.1 Å². The summed E-state index contributed by atoms with van der Waals surface area (Å²) in [5, 5.41) is 2.71. The summed E-state index contributed by atoms with van der Waals surface area (Å²) >= 11 is 9.99. The number of carbonyl (C=O) groups excluding carboxylic acids is 3. The summed E-state index contributed by atoms with van der Waals surface area (Å²) < 4.78 is 0.823. The van der Waals surface area contributed by atoms with Gasteiger partial charge < -0.3 is 4.90 Å². The lowest BCUT2D eigenvalue weighted by Gasteiger charge is -2.45. The van der Waals surface area contributed by atoms with E-state index in [4.69, 9.17) is 11.6 Å². The van der Waals surface area contributed by atoms with Gasteiger partial charge in [0.2, 0.25) is 0 Å². The number of benzene rings is 2. The van der Waals surface area contributed by atoms with E-state index in [0.29, 0.717) is 21.8 Å². The first-order valence-electron chi connectivity index (χ1n) is 10.7. The molecule has 2 aromatic rings. The van der Waals surface area contributed by atoms with Crippen LogP contribution in [0.2, 0.25) is 5.02 Å². The topological polar surface area (TPSA) is 69.7 Å². The van der Waals surface area contributed by atoms with E-state index in [9.17, 15) is 14.4 Å². The molecule has 8 heteroatoms. The molecule has 2 aliphatic rings. The Labute approximate surface area is 206 Å². The fourth-order valence-electron chi connectivity index (χ4n) is 4.62. The Balaban J connectivity index is 1.78. The van der Waals surface area contributed by atoms with Crippen LogP contribution in [0.3, 0.4) is 0 Å². The average Bonchev–Trinajstić information content (AvgIpc) is 2.71. The van der Waals surface area contributed by atoms with Gasteiger partial charge in [-0.3, -0.25) is 14.9 Å². The lowest BCUT2D eigenvalue weighted by Crippen LogP contribution is -2.54. The van der Waals surface area contributed by atoms with Crippen molar-refractivity contribution >= 4 is 62.8 Å². The van der Waals surface area contributed by atoms with E-state index in [1.165, 1.54) is 6.08 Å². The number of aryl methyl sites for hydroxylation is 1. The van der Waals surface area contributed by atoms with Gasteiger partial charge in [0.15, 0.2) is 0 Å². The lowest BCUT2D eigenvalue weighted by atomic mass is 9.80.